The van der Waals surface area contributed by atoms with E-state index in [1.807, 2.05) is 0 Å². The molecule has 1 unspecified atom stereocenters. The van der Waals surface area contributed by atoms with E-state index in [4.69, 9.17) is 0 Å². The van der Waals surface area contributed by atoms with E-state index in [0.29, 0.717) is 11.4 Å². The van der Waals surface area contributed by atoms with Gasteiger partial charge in [0.05, 0.1) is 6.54 Å². The molecule has 1 heterocycles. The van der Waals surface area contributed by atoms with Crippen molar-refractivity contribution in [1.82, 2.24) is 14.8 Å². The molecule has 0 aliphatic carbocycles. The molecule has 6 heteroatoms. The van der Waals surface area contributed by atoms with Gasteiger partial charge in [-0.05, 0) is 30.3 Å². The minimum absolute atomic E-state index is 0.0785. The summed E-state index contributed by atoms with van der Waals surface area (Å²) in [7, 11) is 0. The van der Waals surface area contributed by atoms with Crippen LogP contribution in [0.15, 0.2) is 54.9 Å². The first-order chi connectivity index (χ1) is 10.6. The zero-order valence-corrected chi connectivity index (χ0v) is 11.5. The second-order valence-corrected chi connectivity index (χ2v) is 4.83. The van der Waals surface area contributed by atoms with Crippen LogP contribution in [0.2, 0.25) is 0 Å². The van der Waals surface area contributed by atoms with Crippen LogP contribution in [0.5, 0.6) is 0 Å². The highest BCUT2D eigenvalue weighted by Gasteiger charge is 2.14. The van der Waals surface area contributed by atoms with Crippen molar-refractivity contribution in [1.29, 1.82) is 0 Å². The van der Waals surface area contributed by atoms with Crippen molar-refractivity contribution in [3.63, 3.8) is 0 Å². The van der Waals surface area contributed by atoms with Gasteiger partial charge in [0.25, 0.3) is 0 Å². The third kappa shape index (κ3) is 3.01. The van der Waals surface area contributed by atoms with Crippen molar-refractivity contribution < 1.29 is 13.9 Å². The average molecular weight is 301 g/mol. The summed E-state index contributed by atoms with van der Waals surface area (Å²) < 4.78 is 27.9. The number of rotatable bonds is 4. The summed E-state index contributed by atoms with van der Waals surface area (Å²) in [5, 5.41) is 14.3. The fourth-order valence-electron chi connectivity index (χ4n) is 2.13. The number of hydrogen-bond acceptors (Lipinski definition) is 3. The van der Waals surface area contributed by atoms with Crippen LogP contribution in [0.4, 0.5) is 8.78 Å². The normalized spacial score (nSPS) is 12.3. The summed E-state index contributed by atoms with van der Waals surface area (Å²) >= 11 is 0. The van der Waals surface area contributed by atoms with Crippen LogP contribution >= 0.6 is 0 Å². The lowest BCUT2D eigenvalue weighted by Gasteiger charge is -2.11. The van der Waals surface area contributed by atoms with Crippen LogP contribution in [0, 0.1) is 11.6 Å². The first-order valence-electron chi connectivity index (χ1n) is 6.71. The first-order valence-corrected chi connectivity index (χ1v) is 6.71. The third-order valence-corrected chi connectivity index (χ3v) is 3.26. The van der Waals surface area contributed by atoms with Crippen LogP contribution in [-0.2, 0) is 6.54 Å². The van der Waals surface area contributed by atoms with Gasteiger partial charge in [-0.2, -0.15) is 5.10 Å². The molecule has 2 aromatic carbocycles. The summed E-state index contributed by atoms with van der Waals surface area (Å²) in [4.78, 5) is 4.11. The van der Waals surface area contributed by atoms with Gasteiger partial charge in [-0.25, -0.2) is 18.4 Å². The topological polar surface area (TPSA) is 50.9 Å². The third-order valence-electron chi connectivity index (χ3n) is 3.26. The van der Waals surface area contributed by atoms with Crippen LogP contribution in [0.3, 0.4) is 0 Å². The largest absolute Gasteiger partial charge is 0.386 e. The first kappa shape index (κ1) is 14.3. The number of aliphatic hydroxyl groups is 1. The Morgan fingerprint density at radius 1 is 1.05 bits per heavy atom. The van der Waals surface area contributed by atoms with Crippen molar-refractivity contribution in [2.24, 2.45) is 0 Å². The quantitative estimate of drug-likeness (QED) is 0.806. The van der Waals surface area contributed by atoms with Gasteiger partial charge < -0.3 is 5.11 Å². The molecular weight excluding hydrogens is 288 g/mol. The highest BCUT2D eigenvalue weighted by molar-refractivity contribution is 5.53. The number of benzene rings is 2. The molecule has 0 aliphatic rings. The molecule has 0 bridgehead atoms. The molecular formula is C16H13F2N3O. The number of halogens is 2. The van der Waals surface area contributed by atoms with Crippen LogP contribution < -0.4 is 0 Å². The molecule has 0 fully saturated rings. The fraction of sp³-hybridized carbons (Fsp3) is 0.125. The molecule has 0 amide bonds. The van der Waals surface area contributed by atoms with Crippen LogP contribution in [0.1, 0.15) is 11.7 Å². The zero-order chi connectivity index (χ0) is 15.5. The fourth-order valence-corrected chi connectivity index (χ4v) is 2.13. The SMILES string of the molecule is OC(Cn1cnc(-c2ccc(F)cc2)n1)c1ccccc1F. The molecule has 1 atom stereocenters. The Kier molecular flexibility index (Phi) is 3.93. The Hall–Kier alpha value is -2.60. The van der Waals surface area contributed by atoms with Crippen LogP contribution in [-0.4, -0.2) is 19.9 Å². The maximum Gasteiger partial charge on any atom is 0.181 e. The lowest BCUT2D eigenvalue weighted by Crippen LogP contribution is -2.10. The molecule has 3 aromatic rings. The monoisotopic (exact) mass is 301 g/mol. The lowest BCUT2D eigenvalue weighted by atomic mass is 10.1. The number of aromatic nitrogens is 3. The second-order valence-electron chi connectivity index (χ2n) is 4.83. The van der Waals surface area contributed by atoms with E-state index in [-0.39, 0.29) is 17.9 Å². The molecule has 0 saturated carbocycles. The van der Waals surface area contributed by atoms with Crippen molar-refractivity contribution in [3.8, 4) is 11.4 Å². The Bertz CT molecular complexity index is 771. The molecule has 4 nitrogen and oxygen atoms in total. The van der Waals surface area contributed by atoms with Gasteiger partial charge in [0.15, 0.2) is 5.82 Å². The van der Waals surface area contributed by atoms with Crippen LogP contribution in [0.25, 0.3) is 11.4 Å². The average Bonchev–Trinajstić information content (AvgIpc) is 2.97. The van der Waals surface area contributed by atoms with Gasteiger partial charge >= 0.3 is 0 Å². The number of aliphatic hydroxyl groups excluding tert-OH is 1. The summed E-state index contributed by atoms with van der Waals surface area (Å²) in [6.45, 7) is 0.0785. The van der Waals surface area contributed by atoms with Gasteiger partial charge in [-0.3, -0.25) is 0 Å². The Morgan fingerprint density at radius 3 is 2.50 bits per heavy atom. The summed E-state index contributed by atoms with van der Waals surface area (Å²) in [6, 6.07) is 11.8. The molecule has 112 valence electrons. The standard InChI is InChI=1S/C16H13F2N3O/c17-12-7-5-11(6-8-12)16-19-10-21(20-16)9-15(22)13-3-1-2-4-14(13)18/h1-8,10,15,22H,9H2. The second kappa shape index (κ2) is 6.03. The van der Waals surface area contributed by atoms with E-state index in [1.54, 1.807) is 24.3 Å². The predicted octanol–water partition coefficient (Wildman–Crippen LogP) is 2.96. The summed E-state index contributed by atoms with van der Waals surface area (Å²) in [6.07, 6.45) is 0.423. The highest BCUT2D eigenvalue weighted by Crippen LogP contribution is 2.19. The van der Waals surface area contributed by atoms with Gasteiger partial charge in [0, 0.05) is 11.1 Å². The van der Waals surface area contributed by atoms with Crippen molar-refractivity contribution in [2.75, 3.05) is 0 Å². The summed E-state index contributed by atoms with van der Waals surface area (Å²) in [5.41, 5.74) is 0.877. The minimum Gasteiger partial charge on any atom is -0.386 e. The molecule has 3 rings (SSSR count). The van der Waals surface area contributed by atoms with E-state index in [1.165, 1.54) is 35.3 Å². The Morgan fingerprint density at radius 2 is 1.77 bits per heavy atom. The maximum absolute atomic E-state index is 13.6. The minimum atomic E-state index is -1.02. The lowest BCUT2D eigenvalue weighted by molar-refractivity contribution is 0.147. The van der Waals surface area contributed by atoms with Gasteiger partial charge in [0.1, 0.15) is 24.1 Å². The predicted molar refractivity (Wildman–Crippen MR) is 76.8 cm³/mol. The number of hydrogen-bond donors (Lipinski definition) is 1. The van der Waals surface area contributed by atoms with E-state index < -0.39 is 11.9 Å². The molecule has 0 aliphatic heterocycles. The molecule has 1 aromatic heterocycles. The van der Waals surface area contributed by atoms with E-state index >= 15 is 0 Å². The van der Waals surface area contributed by atoms with Crippen molar-refractivity contribution in [3.05, 3.63) is 72.1 Å². The van der Waals surface area contributed by atoms with Crippen molar-refractivity contribution >= 4 is 0 Å². The molecule has 22 heavy (non-hydrogen) atoms. The summed E-state index contributed by atoms with van der Waals surface area (Å²) in [5.74, 6) is -0.382. The highest BCUT2D eigenvalue weighted by atomic mass is 19.1. The van der Waals surface area contributed by atoms with Gasteiger partial charge in [-0.1, -0.05) is 18.2 Å². The van der Waals surface area contributed by atoms with Gasteiger partial charge in [-0.15, -0.1) is 0 Å². The zero-order valence-electron chi connectivity index (χ0n) is 11.5. The number of nitrogens with zero attached hydrogens (tertiary/aromatic N) is 3. The molecule has 0 saturated heterocycles. The smallest absolute Gasteiger partial charge is 0.181 e. The molecule has 0 spiro atoms. The maximum atomic E-state index is 13.6. The van der Waals surface area contributed by atoms with E-state index in [0.717, 1.165) is 0 Å². The van der Waals surface area contributed by atoms with Crippen molar-refractivity contribution in [2.45, 2.75) is 12.6 Å². The van der Waals surface area contributed by atoms with E-state index in [2.05, 4.69) is 10.1 Å². The Balaban J connectivity index is 1.77. The molecule has 1 N–H and O–H groups in total. The van der Waals surface area contributed by atoms with Gasteiger partial charge in [0.2, 0.25) is 0 Å². The molecule has 0 radical (unpaired) electrons. The van der Waals surface area contributed by atoms with E-state index in [9.17, 15) is 13.9 Å². The Labute approximate surface area is 125 Å².